The van der Waals surface area contributed by atoms with Crippen LogP contribution < -0.4 is 5.32 Å². The van der Waals surface area contributed by atoms with Gasteiger partial charge in [-0.1, -0.05) is 188 Å². The van der Waals surface area contributed by atoms with E-state index in [9.17, 15) is 24.5 Å². The van der Waals surface area contributed by atoms with Gasteiger partial charge in [0.2, 0.25) is 5.91 Å². The first kappa shape index (κ1) is 52.5. The number of carbonyl (C=O) groups excluding carboxylic acids is 1. The Morgan fingerprint density at radius 3 is 1.43 bits per heavy atom. The van der Waals surface area contributed by atoms with Crippen molar-refractivity contribution in [2.75, 3.05) is 40.9 Å². The van der Waals surface area contributed by atoms with Crippen molar-refractivity contribution in [3.8, 4) is 0 Å². The number of phosphoric acid groups is 1. The molecular weight excluding hydrogens is 687 g/mol. The van der Waals surface area contributed by atoms with Crippen molar-refractivity contribution in [1.82, 2.24) is 5.32 Å². The molecular formula is C43H90N2O7P+. The standard InChI is InChI=1S/C43H89N2O7P/c1-7-8-9-10-11-12-13-14-15-16-17-18-19-20-21-26-29-32-35-42(47)44-40(38-52-53(49,50)51-37-36-45(4,5)6)43(48)41(46)34-31-28-25-23-22-24-27-30-33-39(2)3/h39-41,43,46,48H,7-38H2,1-6H3,(H-,44,47,49,50)/p+1/t40-,41+,43-/m0/s1. The van der Waals surface area contributed by atoms with Gasteiger partial charge < -0.3 is 24.9 Å². The van der Waals surface area contributed by atoms with Crippen molar-refractivity contribution >= 4 is 13.7 Å². The predicted molar refractivity (Wildman–Crippen MR) is 223 cm³/mol. The third kappa shape index (κ3) is 36.8. The number of hydrogen-bond acceptors (Lipinski definition) is 6. The molecule has 0 radical (unpaired) electrons. The highest BCUT2D eigenvalue weighted by atomic mass is 31.2. The number of aliphatic hydroxyl groups excluding tert-OH is 2. The van der Waals surface area contributed by atoms with Gasteiger partial charge in [-0.3, -0.25) is 13.8 Å². The van der Waals surface area contributed by atoms with E-state index in [-0.39, 0.29) is 12.5 Å². The topological polar surface area (TPSA) is 125 Å². The van der Waals surface area contributed by atoms with Crippen molar-refractivity contribution in [3.63, 3.8) is 0 Å². The fourth-order valence-electron chi connectivity index (χ4n) is 6.74. The summed E-state index contributed by atoms with van der Waals surface area (Å²) in [6, 6.07) is -1.03. The van der Waals surface area contributed by atoms with Gasteiger partial charge in [0.25, 0.3) is 0 Å². The van der Waals surface area contributed by atoms with Crippen LogP contribution in [0.4, 0.5) is 0 Å². The Morgan fingerprint density at radius 1 is 0.623 bits per heavy atom. The lowest BCUT2D eigenvalue weighted by molar-refractivity contribution is -0.870. The Morgan fingerprint density at radius 2 is 1.02 bits per heavy atom. The Hall–Kier alpha value is -0.540. The second-order valence-electron chi connectivity index (χ2n) is 17.4. The molecule has 4 atom stereocenters. The maximum atomic E-state index is 12.9. The molecule has 0 aliphatic rings. The number of rotatable bonds is 40. The molecule has 1 unspecified atom stereocenters. The molecule has 10 heteroatoms. The number of nitrogens with zero attached hydrogens (tertiary/aromatic N) is 1. The molecule has 0 aromatic rings. The maximum absolute atomic E-state index is 12.9. The molecule has 0 rings (SSSR count). The Balaban J connectivity index is 4.42. The van der Waals surface area contributed by atoms with Crippen molar-refractivity contribution in [3.05, 3.63) is 0 Å². The maximum Gasteiger partial charge on any atom is 0.472 e. The van der Waals surface area contributed by atoms with E-state index in [0.717, 1.165) is 44.4 Å². The lowest BCUT2D eigenvalue weighted by Gasteiger charge is -2.28. The quantitative estimate of drug-likeness (QED) is 0.0277. The summed E-state index contributed by atoms with van der Waals surface area (Å²) in [6.07, 6.45) is 31.7. The number of carbonyl (C=O) groups is 1. The number of hydrogen-bond donors (Lipinski definition) is 4. The van der Waals surface area contributed by atoms with Gasteiger partial charge in [0.05, 0.1) is 39.9 Å². The van der Waals surface area contributed by atoms with Gasteiger partial charge in [0.1, 0.15) is 19.3 Å². The highest BCUT2D eigenvalue weighted by Gasteiger charge is 2.31. The van der Waals surface area contributed by atoms with Crippen molar-refractivity contribution in [2.24, 2.45) is 5.92 Å². The van der Waals surface area contributed by atoms with Gasteiger partial charge in [-0.25, -0.2) is 4.57 Å². The molecule has 0 aliphatic heterocycles. The monoisotopic (exact) mass is 778 g/mol. The smallest absolute Gasteiger partial charge is 0.390 e. The van der Waals surface area contributed by atoms with Crippen LogP contribution in [-0.4, -0.2) is 84.6 Å². The van der Waals surface area contributed by atoms with Crippen molar-refractivity contribution in [2.45, 2.75) is 225 Å². The average Bonchev–Trinajstić information content (AvgIpc) is 3.09. The van der Waals surface area contributed by atoms with Gasteiger partial charge in [-0.2, -0.15) is 0 Å². The highest BCUT2D eigenvalue weighted by molar-refractivity contribution is 7.47. The summed E-state index contributed by atoms with van der Waals surface area (Å²) in [7, 11) is 1.44. The fourth-order valence-corrected chi connectivity index (χ4v) is 7.48. The Kier molecular flexibility index (Phi) is 34.3. The van der Waals surface area contributed by atoms with Crippen molar-refractivity contribution < 1.29 is 38.0 Å². The van der Waals surface area contributed by atoms with Crippen LogP contribution in [0.25, 0.3) is 0 Å². The molecule has 0 fully saturated rings. The van der Waals surface area contributed by atoms with Crippen LogP contribution in [0, 0.1) is 5.92 Å². The SMILES string of the molecule is CCCCCCCCCCCCCCCCCCCCC(=O)N[C@@H](COP(=O)(O)OCC[N+](C)(C)C)[C@H](O)[C@H](O)CCCCCCCCCCC(C)C. The first-order chi connectivity index (χ1) is 25.3. The molecule has 9 nitrogen and oxygen atoms in total. The third-order valence-electron chi connectivity index (χ3n) is 10.4. The Bertz CT molecular complexity index is 870. The van der Waals surface area contributed by atoms with Gasteiger partial charge in [0.15, 0.2) is 0 Å². The average molecular weight is 778 g/mol. The summed E-state index contributed by atoms with van der Waals surface area (Å²) in [4.78, 5) is 23.1. The predicted octanol–water partition coefficient (Wildman–Crippen LogP) is 11.0. The molecule has 0 aromatic carbocycles. The molecule has 0 aliphatic carbocycles. The molecule has 0 bridgehead atoms. The van der Waals surface area contributed by atoms with Crippen molar-refractivity contribution in [1.29, 1.82) is 0 Å². The number of phosphoric ester groups is 1. The van der Waals surface area contributed by atoms with Crippen LogP contribution in [-0.2, 0) is 18.4 Å². The zero-order chi connectivity index (χ0) is 39.6. The minimum atomic E-state index is -4.41. The normalized spacial score (nSPS) is 15.1. The van der Waals surface area contributed by atoms with E-state index < -0.39 is 32.7 Å². The van der Waals surface area contributed by atoms with E-state index in [1.165, 1.54) is 135 Å². The van der Waals surface area contributed by atoms with E-state index in [1.54, 1.807) is 0 Å². The molecule has 0 spiro atoms. The van der Waals surface area contributed by atoms with Crippen LogP contribution in [0.1, 0.15) is 207 Å². The number of aliphatic hydroxyl groups is 2. The largest absolute Gasteiger partial charge is 0.472 e. The molecule has 0 aromatic heterocycles. The van der Waals surface area contributed by atoms with Gasteiger partial charge in [-0.05, 0) is 18.8 Å². The highest BCUT2D eigenvalue weighted by Crippen LogP contribution is 2.43. The summed E-state index contributed by atoms with van der Waals surface area (Å²) < 4.78 is 23.5. The summed E-state index contributed by atoms with van der Waals surface area (Å²) in [6.45, 7) is 6.91. The first-order valence-electron chi connectivity index (χ1n) is 22.3. The fraction of sp³-hybridized carbons (Fsp3) is 0.977. The lowest BCUT2D eigenvalue weighted by atomic mass is 9.99. The van der Waals surface area contributed by atoms with Crippen LogP contribution in [0.2, 0.25) is 0 Å². The third-order valence-corrected chi connectivity index (χ3v) is 11.4. The first-order valence-corrected chi connectivity index (χ1v) is 23.8. The van der Waals surface area contributed by atoms with Crippen LogP contribution in [0.15, 0.2) is 0 Å². The van der Waals surface area contributed by atoms with E-state index in [4.69, 9.17) is 9.05 Å². The molecule has 4 N–H and O–H groups in total. The summed E-state index contributed by atoms with van der Waals surface area (Å²) in [5, 5.41) is 24.6. The van der Waals surface area contributed by atoms with E-state index >= 15 is 0 Å². The van der Waals surface area contributed by atoms with Crippen LogP contribution in [0.5, 0.6) is 0 Å². The summed E-state index contributed by atoms with van der Waals surface area (Å²) >= 11 is 0. The van der Waals surface area contributed by atoms with Crippen LogP contribution >= 0.6 is 7.82 Å². The molecule has 53 heavy (non-hydrogen) atoms. The van der Waals surface area contributed by atoms with Gasteiger partial charge in [-0.15, -0.1) is 0 Å². The van der Waals surface area contributed by atoms with E-state index in [1.807, 2.05) is 21.1 Å². The lowest BCUT2D eigenvalue weighted by Crippen LogP contribution is -2.51. The van der Waals surface area contributed by atoms with Gasteiger partial charge in [0, 0.05) is 6.42 Å². The van der Waals surface area contributed by atoms with E-state index in [2.05, 4.69) is 26.1 Å². The molecule has 1 amide bonds. The minimum absolute atomic E-state index is 0.0246. The number of nitrogens with one attached hydrogen (secondary N) is 1. The molecule has 0 heterocycles. The molecule has 0 saturated heterocycles. The molecule has 0 saturated carbocycles. The zero-order valence-corrected chi connectivity index (χ0v) is 36.7. The number of likely N-dealkylation sites (N-methyl/N-ethyl adjacent to an activating group) is 1. The van der Waals surface area contributed by atoms with Crippen LogP contribution in [0.3, 0.4) is 0 Å². The van der Waals surface area contributed by atoms with Gasteiger partial charge >= 0.3 is 7.82 Å². The minimum Gasteiger partial charge on any atom is -0.390 e. The number of amides is 1. The summed E-state index contributed by atoms with van der Waals surface area (Å²) in [5.74, 6) is 0.516. The second kappa shape index (κ2) is 34.7. The number of unbranched alkanes of at least 4 members (excludes halogenated alkanes) is 24. The summed E-state index contributed by atoms with van der Waals surface area (Å²) in [5.41, 5.74) is 0. The molecule has 318 valence electrons. The van der Waals surface area contributed by atoms with E-state index in [0.29, 0.717) is 23.9 Å². The second-order valence-corrected chi connectivity index (χ2v) is 18.9. The number of quaternary nitrogens is 1. The zero-order valence-electron chi connectivity index (χ0n) is 35.8. The Labute approximate surface area is 328 Å².